The lowest BCUT2D eigenvalue weighted by atomic mass is 9.81. The van der Waals surface area contributed by atoms with Crippen LogP contribution in [0.5, 0.6) is 0 Å². The summed E-state index contributed by atoms with van der Waals surface area (Å²) in [4.78, 5) is 15.1. The van der Waals surface area contributed by atoms with E-state index < -0.39 is 5.97 Å². The normalized spacial score (nSPS) is 24.2. The first-order chi connectivity index (χ1) is 8.75. The van der Waals surface area contributed by atoms with E-state index in [1.165, 1.54) is 0 Å². The van der Waals surface area contributed by atoms with Crippen LogP contribution < -0.4 is 0 Å². The monoisotopic (exact) mass is 246 g/mol. The van der Waals surface area contributed by atoms with Crippen molar-refractivity contribution in [2.75, 3.05) is 0 Å². The van der Waals surface area contributed by atoms with Crippen LogP contribution in [0.4, 0.5) is 0 Å². The number of fused-ring (bicyclic) bond motifs is 1. The molecule has 6 heteroatoms. The maximum absolute atomic E-state index is 10.9. The van der Waals surface area contributed by atoms with E-state index in [1.807, 2.05) is 16.7 Å². The fourth-order valence-corrected chi connectivity index (χ4v) is 2.64. The van der Waals surface area contributed by atoms with E-state index in [-0.39, 0.29) is 5.92 Å². The summed E-state index contributed by atoms with van der Waals surface area (Å²) in [6.45, 7) is 0. The summed E-state index contributed by atoms with van der Waals surface area (Å²) < 4.78 is 1.89. The van der Waals surface area contributed by atoms with Crippen LogP contribution in [0.3, 0.4) is 0 Å². The van der Waals surface area contributed by atoms with Crippen molar-refractivity contribution in [1.29, 1.82) is 0 Å². The Labute approximate surface area is 104 Å². The molecule has 0 amide bonds. The largest absolute Gasteiger partial charge is 0.481 e. The van der Waals surface area contributed by atoms with Gasteiger partial charge in [-0.25, -0.2) is 4.98 Å². The van der Waals surface area contributed by atoms with Gasteiger partial charge in [-0.05, 0) is 31.7 Å². The molecule has 0 atom stereocenters. The molecule has 0 bridgehead atoms. The molecule has 2 aromatic heterocycles. The number of rotatable bonds is 2. The highest BCUT2D eigenvalue weighted by molar-refractivity contribution is 5.70. The minimum absolute atomic E-state index is 0.196. The lowest BCUT2D eigenvalue weighted by Crippen LogP contribution is -2.21. The van der Waals surface area contributed by atoms with Gasteiger partial charge in [-0.2, -0.15) is 0 Å². The molecular formula is C12H14N4O2. The lowest BCUT2D eigenvalue weighted by Gasteiger charge is -2.24. The van der Waals surface area contributed by atoms with Crippen LogP contribution in [-0.2, 0) is 4.79 Å². The molecule has 3 rings (SSSR count). The molecule has 0 radical (unpaired) electrons. The Balaban J connectivity index is 1.82. The molecule has 0 aliphatic heterocycles. The molecule has 1 saturated carbocycles. The van der Waals surface area contributed by atoms with Crippen LogP contribution in [0.25, 0.3) is 5.78 Å². The number of carboxylic acid groups (broad SMARTS) is 1. The second kappa shape index (κ2) is 4.36. The van der Waals surface area contributed by atoms with Crippen molar-refractivity contribution >= 4 is 11.7 Å². The predicted molar refractivity (Wildman–Crippen MR) is 63.1 cm³/mol. The van der Waals surface area contributed by atoms with E-state index >= 15 is 0 Å². The molecule has 1 aliphatic carbocycles. The standard InChI is InChI=1S/C12H14N4O2/c17-11(18)9-4-2-8(3-5-9)10-14-15-12-13-6-1-7-16(10)12/h1,6-9H,2-5H2,(H,17,18). The molecule has 0 unspecified atom stereocenters. The molecule has 6 nitrogen and oxygen atoms in total. The number of aromatic nitrogens is 4. The van der Waals surface area contributed by atoms with Crippen LogP contribution in [0.2, 0.25) is 0 Å². The summed E-state index contributed by atoms with van der Waals surface area (Å²) in [7, 11) is 0. The molecule has 0 aromatic carbocycles. The van der Waals surface area contributed by atoms with Crippen LogP contribution in [-0.4, -0.2) is 30.7 Å². The molecule has 0 saturated heterocycles. The summed E-state index contributed by atoms with van der Waals surface area (Å²) in [5.41, 5.74) is 0. The van der Waals surface area contributed by atoms with Crippen molar-refractivity contribution in [1.82, 2.24) is 19.6 Å². The van der Waals surface area contributed by atoms with Crippen molar-refractivity contribution in [3.05, 3.63) is 24.3 Å². The lowest BCUT2D eigenvalue weighted by molar-refractivity contribution is -0.142. The van der Waals surface area contributed by atoms with E-state index in [0.29, 0.717) is 11.7 Å². The van der Waals surface area contributed by atoms with E-state index in [9.17, 15) is 4.79 Å². The van der Waals surface area contributed by atoms with E-state index in [4.69, 9.17) is 5.11 Å². The van der Waals surface area contributed by atoms with Crippen LogP contribution in [0, 0.1) is 5.92 Å². The topological polar surface area (TPSA) is 80.4 Å². The number of hydrogen-bond acceptors (Lipinski definition) is 4. The van der Waals surface area contributed by atoms with E-state index in [2.05, 4.69) is 15.2 Å². The Hall–Kier alpha value is -1.98. The fraction of sp³-hybridized carbons (Fsp3) is 0.500. The van der Waals surface area contributed by atoms with Crippen LogP contribution in [0.15, 0.2) is 18.5 Å². The van der Waals surface area contributed by atoms with Gasteiger partial charge in [0.15, 0.2) is 0 Å². The highest BCUT2D eigenvalue weighted by atomic mass is 16.4. The number of hydrogen-bond donors (Lipinski definition) is 1. The van der Waals surface area contributed by atoms with Crippen molar-refractivity contribution in [3.63, 3.8) is 0 Å². The average Bonchev–Trinajstić information content (AvgIpc) is 2.82. The van der Waals surface area contributed by atoms with Gasteiger partial charge in [0.05, 0.1) is 5.92 Å². The third-order valence-electron chi connectivity index (χ3n) is 3.66. The third-order valence-corrected chi connectivity index (χ3v) is 3.66. The molecule has 1 aliphatic rings. The molecule has 18 heavy (non-hydrogen) atoms. The van der Waals surface area contributed by atoms with Crippen molar-refractivity contribution in [2.45, 2.75) is 31.6 Å². The van der Waals surface area contributed by atoms with Gasteiger partial charge < -0.3 is 5.11 Å². The SMILES string of the molecule is O=C(O)C1CCC(c2nnc3ncccn23)CC1. The molecule has 2 aromatic rings. The Bertz CT molecular complexity index is 572. The maximum atomic E-state index is 10.9. The van der Waals surface area contributed by atoms with Gasteiger partial charge in [-0.1, -0.05) is 0 Å². The Morgan fingerprint density at radius 1 is 1.28 bits per heavy atom. The van der Waals surface area contributed by atoms with Gasteiger partial charge in [-0.15, -0.1) is 10.2 Å². The van der Waals surface area contributed by atoms with Crippen molar-refractivity contribution in [3.8, 4) is 0 Å². The number of aliphatic carboxylic acids is 1. The molecule has 2 heterocycles. The van der Waals surface area contributed by atoms with Crippen molar-refractivity contribution < 1.29 is 9.90 Å². The van der Waals surface area contributed by atoms with Gasteiger partial charge in [0.25, 0.3) is 5.78 Å². The quantitative estimate of drug-likeness (QED) is 0.868. The van der Waals surface area contributed by atoms with Gasteiger partial charge >= 0.3 is 5.97 Å². The smallest absolute Gasteiger partial charge is 0.306 e. The summed E-state index contributed by atoms with van der Waals surface area (Å²) in [6, 6.07) is 1.85. The molecular weight excluding hydrogens is 232 g/mol. The summed E-state index contributed by atoms with van der Waals surface area (Å²) >= 11 is 0. The van der Waals surface area contributed by atoms with Gasteiger partial charge in [-0.3, -0.25) is 9.20 Å². The first-order valence-electron chi connectivity index (χ1n) is 6.14. The Morgan fingerprint density at radius 3 is 2.78 bits per heavy atom. The second-order valence-electron chi connectivity index (χ2n) is 4.73. The zero-order valence-electron chi connectivity index (χ0n) is 9.86. The fourth-order valence-electron chi connectivity index (χ4n) is 2.64. The number of carbonyl (C=O) groups is 1. The molecule has 1 N–H and O–H groups in total. The minimum atomic E-state index is -0.679. The van der Waals surface area contributed by atoms with Crippen LogP contribution in [0.1, 0.15) is 37.4 Å². The summed E-state index contributed by atoms with van der Waals surface area (Å²) in [5, 5.41) is 17.2. The molecule has 0 spiro atoms. The highest BCUT2D eigenvalue weighted by Gasteiger charge is 2.29. The first kappa shape index (κ1) is 11.1. The zero-order valence-corrected chi connectivity index (χ0v) is 9.86. The minimum Gasteiger partial charge on any atom is -0.481 e. The van der Waals surface area contributed by atoms with E-state index in [0.717, 1.165) is 31.5 Å². The highest BCUT2D eigenvalue weighted by Crippen LogP contribution is 2.34. The van der Waals surface area contributed by atoms with Crippen LogP contribution >= 0.6 is 0 Å². The van der Waals surface area contributed by atoms with Gasteiger partial charge in [0, 0.05) is 18.3 Å². The first-order valence-corrected chi connectivity index (χ1v) is 6.14. The van der Waals surface area contributed by atoms with Gasteiger partial charge in [0.2, 0.25) is 0 Å². The Morgan fingerprint density at radius 2 is 2.06 bits per heavy atom. The average molecular weight is 246 g/mol. The summed E-state index contributed by atoms with van der Waals surface area (Å²) in [5.74, 6) is 0.925. The predicted octanol–water partition coefficient (Wildman–Crippen LogP) is 1.48. The third kappa shape index (κ3) is 1.83. The molecule has 1 fully saturated rings. The maximum Gasteiger partial charge on any atom is 0.306 e. The summed E-state index contributed by atoms with van der Waals surface area (Å²) in [6.07, 6.45) is 6.74. The second-order valence-corrected chi connectivity index (χ2v) is 4.73. The van der Waals surface area contributed by atoms with Crippen molar-refractivity contribution in [2.24, 2.45) is 5.92 Å². The number of nitrogens with zero attached hydrogens (tertiary/aromatic N) is 4. The Kier molecular flexibility index (Phi) is 2.70. The van der Waals surface area contributed by atoms with E-state index in [1.54, 1.807) is 6.20 Å². The van der Waals surface area contributed by atoms with Gasteiger partial charge in [0.1, 0.15) is 5.82 Å². The zero-order chi connectivity index (χ0) is 12.5. The molecule has 94 valence electrons. The number of carboxylic acids is 1.